The molecule has 0 spiro atoms. The van der Waals surface area contributed by atoms with Gasteiger partial charge in [0.05, 0.1) is 14.2 Å². The van der Waals surface area contributed by atoms with Crippen LogP contribution in [0.1, 0.15) is 5.56 Å². The Bertz CT molecular complexity index is 1160. The van der Waals surface area contributed by atoms with Crippen LogP contribution in [0.4, 0.5) is 10.5 Å². The summed E-state index contributed by atoms with van der Waals surface area (Å²) in [4.78, 5) is 41.6. The number of urea groups is 1. The number of rotatable bonds is 7. The van der Waals surface area contributed by atoms with Crippen LogP contribution in [0.5, 0.6) is 11.5 Å². The first-order chi connectivity index (χ1) is 15.0. The van der Waals surface area contributed by atoms with E-state index >= 15 is 0 Å². The van der Waals surface area contributed by atoms with E-state index < -0.39 is 23.9 Å². The molecule has 1 fully saturated rings. The third kappa shape index (κ3) is 4.02. The van der Waals surface area contributed by atoms with Gasteiger partial charge in [-0.15, -0.1) is 0 Å². The Morgan fingerprint density at radius 3 is 2.65 bits per heavy atom. The molecule has 3 N–H and O–H groups in total. The summed E-state index contributed by atoms with van der Waals surface area (Å²) in [5.74, 6) is 0.0463. The van der Waals surface area contributed by atoms with Gasteiger partial charge in [0.15, 0.2) is 11.5 Å². The van der Waals surface area contributed by atoms with Gasteiger partial charge in [-0.1, -0.05) is 18.2 Å². The lowest BCUT2D eigenvalue weighted by Gasteiger charge is -2.14. The van der Waals surface area contributed by atoms with E-state index in [4.69, 9.17) is 9.47 Å². The smallest absolute Gasteiger partial charge is 0.325 e. The number of amides is 4. The molecule has 2 aromatic carbocycles. The zero-order valence-corrected chi connectivity index (χ0v) is 17.1. The highest BCUT2D eigenvalue weighted by Gasteiger charge is 2.39. The topological polar surface area (TPSA) is 113 Å². The lowest BCUT2D eigenvalue weighted by molar-refractivity contribution is -0.130. The maximum absolute atomic E-state index is 12.8. The molecule has 3 aromatic rings. The first kappa shape index (κ1) is 20.3. The number of carbonyl (C=O) groups excluding carboxylic acids is 3. The molecule has 4 amide bonds. The normalized spacial score (nSPS) is 15.8. The molecular formula is C22H22N4O5. The Balaban J connectivity index is 1.41. The molecule has 0 unspecified atom stereocenters. The highest BCUT2D eigenvalue weighted by molar-refractivity contribution is 6.08. The second-order valence-corrected chi connectivity index (χ2v) is 7.11. The predicted molar refractivity (Wildman–Crippen MR) is 114 cm³/mol. The van der Waals surface area contributed by atoms with E-state index in [0.717, 1.165) is 21.4 Å². The number of H-pyrrole nitrogens is 1. The lowest BCUT2D eigenvalue weighted by atomic mass is 10.1. The number of imide groups is 1. The van der Waals surface area contributed by atoms with E-state index in [-0.39, 0.29) is 6.54 Å². The predicted octanol–water partition coefficient (Wildman–Crippen LogP) is 2.29. The van der Waals surface area contributed by atoms with Crippen LogP contribution in [-0.4, -0.2) is 54.5 Å². The first-order valence-electron chi connectivity index (χ1n) is 9.69. The molecule has 1 aliphatic heterocycles. The SMILES string of the molecule is COc1ccc(NC(=O)CN2C(=O)N[C@H](Cc3c[nH]c4ccccc34)C2=O)cc1OC. The number of nitrogens with one attached hydrogen (secondary N) is 3. The number of aromatic amines is 1. The quantitative estimate of drug-likeness (QED) is 0.506. The number of methoxy groups -OCH3 is 2. The Morgan fingerprint density at radius 1 is 1.10 bits per heavy atom. The minimum Gasteiger partial charge on any atom is -0.493 e. The van der Waals surface area contributed by atoms with E-state index in [1.807, 2.05) is 30.5 Å². The number of fused-ring (bicyclic) bond motifs is 1. The van der Waals surface area contributed by atoms with E-state index in [2.05, 4.69) is 15.6 Å². The second-order valence-electron chi connectivity index (χ2n) is 7.11. The maximum atomic E-state index is 12.8. The maximum Gasteiger partial charge on any atom is 0.325 e. The van der Waals surface area contributed by atoms with E-state index in [1.54, 1.807) is 18.2 Å². The zero-order valence-electron chi connectivity index (χ0n) is 17.1. The molecule has 4 rings (SSSR count). The summed E-state index contributed by atoms with van der Waals surface area (Å²) in [5, 5.41) is 6.33. The summed E-state index contributed by atoms with van der Waals surface area (Å²) >= 11 is 0. The van der Waals surface area contributed by atoms with Gasteiger partial charge in [-0.2, -0.15) is 0 Å². The molecule has 1 aromatic heterocycles. The van der Waals surface area contributed by atoms with Crippen molar-refractivity contribution in [3.8, 4) is 11.5 Å². The average Bonchev–Trinajstić information content (AvgIpc) is 3.30. The Hall–Kier alpha value is -4.01. The van der Waals surface area contributed by atoms with Crippen LogP contribution in [0, 0.1) is 0 Å². The van der Waals surface area contributed by atoms with Gasteiger partial charge in [0.2, 0.25) is 5.91 Å². The van der Waals surface area contributed by atoms with Gasteiger partial charge in [0.1, 0.15) is 12.6 Å². The molecule has 1 aliphatic rings. The number of anilines is 1. The number of nitrogens with zero attached hydrogens (tertiary/aromatic N) is 1. The van der Waals surface area contributed by atoms with E-state index in [1.165, 1.54) is 14.2 Å². The molecule has 0 aliphatic carbocycles. The molecule has 2 heterocycles. The van der Waals surface area contributed by atoms with Crippen molar-refractivity contribution in [1.29, 1.82) is 0 Å². The Kier molecular flexibility index (Phi) is 5.48. The molecule has 31 heavy (non-hydrogen) atoms. The van der Waals surface area contributed by atoms with E-state index in [0.29, 0.717) is 23.6 Å². The molecular weight excluding hydrogens is 400 g/mol. The van der Waals surface area contributed by atoms with Gasteiger partial charge in [0, 0.05) is 35.3 Å². The number of hydrogen-bond acceptors (Lipinski definition) is 5. The molecule has 9 nitrogen and oxygen atoms in total. The van der Waals surface area contributed by atoms with Crippen molar-refractivity contribution >= 4 is 34.4 Å². The first-order valence-corrected chi connectivity index (χ1v) is 9.69. The standard InChI is InChI=1S/C22H22N4O5/c1-30-18-8-7-14(10-19(18)31-2)24-20(27)12-26-21(28)17(25-22(26)29)9-13-11-23-16-6-4-3-5-15(13)16/h3-8,10-11,17,23H,9,12H2,1-2H3,(H,24,27)(H,25,29)/t17-/m1/s1. The number of hydrogen-bond donors (Lipinski definition) is 3. The van der Waals surface area contributed by atoms with Crippen LogP contribution < -0.4 is 20.1 Å². The molecule has 9 heteroatoms. The van der Waals surface area contributed by atoms with Gasteiger partial charge in [0.25, 0.3) is 5.91 Å². The third-order valence-corrected chi connectivity index (χ3v) is 5.17. The zero-order chi connectivity index (χ0) is 22.0. The van der Waals surface area contributed by atoms with Crippen LogP contribution in [0.15, 0.2) is 48.7 Å². The van der Waals surface area contributed by atoms with Gasteiger partial charge < -0.3 is 25.1 Å². The van der Waals surface area contributed by atoms with Crippen molar-refractivity contribution in [2.75, 3.05) is 26.1 Å². The molecule has 0 bridgehead atoms. The van der Waals surface area contributed by atoms with Gasteiger partial charge >= 0.3 is 6.03 Å². The minimum absolute atomic E-state index is 0.336. The summed E-state index contributed by atoms with van der Waals surface area (Å²) in [7, 11) is 3.00. The molecule has 0 radical (unpaired) electrons. The van der Waals surface area contributed by atoms with Crippen molar-refractivity contribution in [2.24, 2.45) is 0 Å². The molecule has 1 saturated heterocycles. The summed E-state index contributed by atoms with van der Waals surface area (Å²) in [6, 6.07) is 11.3. The molecule has 160 valence electrons. The van der Waals surface area contributed by atoms with Crippen molar-refractivity contribution in [1.82, 2.24) is 15.2 Å². The van der Waals surface area contributed by atoms with Gasteiger partial charge in [-0.05, 0) is 23.8 Å². The van der Waals surface area contributed by atoms with Crippen molar-refractivity contribution in [3.05, 3.63) is 54.2 Å². The Labute approximate surface area is 178 Å². The monoisotopic (exact) mass is 422 g/mol. The number of benzene rings is 2. The fourth-order valence-corrected chi connectivity index (χ4v) is 3.64. The van der Waals surface area contributed by atoms with Crippen LogP contribution in [0.2, 0.25) is 0 Å². The number of para-hydroxylation sites is 1. The minimum atomic E-state index is -0.722. The summed E-state index contributed by atoms with van der Waals surface area (Å²) in [6.07, 6.45) is 2.17. The summed E-state index contributed by atoms with van der Waals surface area (Å²) in [6.45, 7) is -0.386. The lowest BCUT2D eigenvalue weighted by Crippen LogP contribution is -2.38. The van der Waals surface area contributed by atoms with Crippen molar-refractivity contribution in [3.63, 3.8) is 0 Å². The number of carbonyl (C=O) groups is 3. The summed E-state index contributed by atoms with van der Waals surface area (Å²) < 4.78 is 10.4. The van der Waals surface area contributed by atoms with Crippen LogP contribution in [-0.2, 0) is 16.0 Å². The fraction of sp³-hybridized carbons (Fsp3) is 0.227. The van der Waals surface area contributed by atoms with Crippen LogP contribution in [0.25, 0.3) is 10.9 Å². The fourth-order valence-electron chi connectivity index (χ4n) is 3.64. The summed E-state index contributed by atoms with van der Waals surface area (Å²) in [5.41, 5.74) is 2.34. The van der Waals surface area contributed by atoms with Gasteiger partial charge in [-0.25, -0.2) is 4.79 Å². The molecule has 1 atom stereocenters. The third-order valence-electron chi connectivity index (χ3n) is 5.17. The number of ether oxygens (including phenoxy) is 2. The molecule has 0 saturated carbocycles. The average molecular weight is 422 g/mol. The van der Waals surface area contributed by atoms with E-state index in [9.17, 15) is 14.4 Å². The van der Waals surface area contributed by atoms with Crippen LogP contribution >= 0.6 is 0 Å². The second kappa shape index (κ2) is 8.39. The van der Waals surface area contributed by atoms with Crippen LogP contribution in [0.3, 0.4) is 0 Å². The van der Waals surface area contributed by atoms with Crippen molar-refractivity contribution < 1.29 is 23.9 Å². The largest absolute Gasteiger partial charge is 0.493 e. The highest BCUT2D eigenvalue weighted by atomic mass is 16.5. The van der Waals surface area contributed by atoms with Crippen molar-refractivity contribution in [2.45, 2.75) is 12.5 Å². The van der Waals surface area contributed by atoms with Gasteiger partial charge in [-0.3, -0.25) is 14.5 Å². The highest BCUT2D eigenvalue weighted by Crippen LogP contribution is 2.29. The number of aromatic nitrogens is 1. The Morgan fingerprint density at radius 2 is 1.87 bits per heavy atom.